The van der Waals surface area contributed by atoms with Crippen LogP contribution in [0.25, 0.3) is 17.2 Å². The number of fused-ring (bicyclic) bond motifs is 2. The molecule has 28 heavy (non-hydrogen) atoms. The van der Waals surface area contributed by atoms with Gasteiger partial charge >= 0.3 is 0 Å². The Morgan fingerprint density at radius 1 is 1.04 bits per heavy atom. The average Bonchev–Trinajstić information content (AvgIpc) is 3.20. The van der Waals surface area contributed by atoms with Gasteiger partial charge in [0, 0.05) is 28.8 Å². The van der Waals surface area contributed by atoms with Crippen molar-refractivity contribution in [1.29, 1.82) is 0 Å². The Morgan fingerprint density at radius 2 is 1.96 bits per heavy atom. The highest BCUT2D eigenvalue weighted by Crippen LogP contribution is 2.48. The van der Waals surface area contributed by atoms with E-state index in [0.29, 0.717) is 5.92 Å². The van der Waals surface area contributed by atoms with Crippen molar-refractivity contribution in [1.82, 2.24) is 9.36 Å². The van der Waals surface area contributed by atoms with Crippen molar-refractivity contribution < 1.29 is 4.39 Å². The quantitative estimate of drug-likeness (QED) is 0.510. The zero-order chi connectivity index (χ0) is 18.9. The lowest BCUT2D eigenvalue weighted by Crippen LogP contribution is -2.30. The molecule has 1 saturated carbocycles. The molecule has 1 fully saturated rings. The number of hydrogen-bond acceptors (Lipinski definition) is 3. The fourth-order valence-corrected chi connectivity index (χ4v) is 5.80. The monoisotopic (exact) mass is 390 g/mol. The number of rotatable bonds is 3. The summed E-state index contributed by atoms with van der Waals surface area (Å²) in [6.45, 7) is 0. The van der Waals surface area contributed by atoms with Gasteiger partial charge in [-0.1, -0.05) is 37.1 Å². The van der Waals surface area contributed by atoms with Crippen LogP contribution in [0.15, 0.2) is 54.9 Å². The summed E-state index contributed by atoms with van der Waals surface area (Å²) in [4.78, 5) is 6.07. The van der Waals surface area contributed by atoms with E-state index in [-0.39, 0.29) is 5.82 Å². The van der Waals surface area contributed by atoms with Gasteiger partial charge < -0.3 is 0 Å². The van der Waals surface area contributed by atoms with Crippen molar-refractivity contribution in [3.8, 4) is 11.1 Å². The molecule has 0 aliphatic heterocycles. The zero-order valence-electron chi connectivity index (χ0n) is 15.7. The van der Waals surface area contributed by atoms with Crippen LogP contribution in [0, 0.1) is 17.7 Å². The van der Waals surface area contributed by atoms with Gasteiger partial charge in [0.1, 0.15) is 5.82 Å². The number of hydrogen-bond donors (Lipinski definition) is 0. The van der Waals surface area contributed by atoms with Crippen molar-refractivity contribution in [2.45, 2.75) is 38.0 Å². The van der Waals surface area contributed by atoms with Crippen molar-refractivity contribution in [3.05, 3.63) is 76.8 Å². The molecule has 0 amide bonds. The summed E-state index contributed by atoms with van der Waals surface area (Å²) in [7, 11) is 0. The molecule has 3 atom stereocenters. The lowest BCUT2D eigenvalue weighted by atomic mass is 9.65. The molecule has 2 heterocycles. The molecule has 1 aromatic carbocycles. The van der Waals surface area contributed by atoms with Gasteiger partial charge in [0.2, 0.25) is 0 Å². The van der Waals surface area contributed by atoms with E-state index < -0.39 is 0 Å². The molecule has 2 aromatic heterocycles. The van der Waals surface area contributed by atoms with Crippen LogP contribution in [0.5, 0.6) is 0 Å². The van der Waals surface area contributed by atoms with Crippen LogP contribution in [0.2, 0.25) is 0 Å². The third-order valence-corrected chi connectivity index (χ3v) is 7.16. The highest BCUT2D eigenvalue weighted by atomic mass is 32.1. The van der Waals surface area contributed by atoms with Crippen molar-refractivity contribution in [2.75, 3.05) is 0 Å². The molecule has 0 bridgehead atoms. The van der Waals surface area contributed by atoms with E-state index in [2.05, 4.69) is 27.7 Å². The lowest BCUT2D eigenvalue weighted by molar-refractivity contribution is 0.205. The minimum atomic E-state index is -0.221. The number of benzene rings is 1. The third-order valence-electron chi connectivity index (χ3n) is 6.33. The molecular formula is C24H23FN2S. The molecule has 0 N–H and O–H groups in total. The maximum absolute atomic E-state index is 13.5. The van der Waals surface area contributed by atoms with E-state index in [1.807, 2.05) is 24.4 Å². The van der Waals surface area contributed by atoms with E-state index in [0.717, 1.165) is 28.7 Å². The first-order chi connectivity index (χ1) is 13.8. The van der Waals surface area contributed by atoms with Gasteiger partial charge in [-0.25, -0.2) is 8.76 Å². The minimum Gasteiger partial charge on any atom is -0.256 e. The Bertz CT molecular complexity index is 992. The Balaban J connectivity index is 1.39. The number of aromatic nitrogens is 2. The van der Waals surface area contributed by atoms with Crippen molar-refractivity contribution in [3.63, 3.8) is 0 Å². The summed E-state index contributed by atoms with van der Waals surface area (Å²) < 4.78 is 17.9. The maximum Gasteiger partial charge on any atom is 0.123 e. The molecule has 142 valence electrons. The summed E-state index contributed by atoms with van der Waals surface area (Å²) in [5, 5.41) is 0. The van der Waals surface area contributed by atoms with E-state index in [9.17, 15) is 4.39 Å². The van der Waals surface area contributed by atoms with Gasteiger partial charge in [-0.05, 0) is 78.0 Å². The number of nitrogens with zero attached hydrogens (tertiary/aromatic N) is 2. The normalized spacial score (nSPS) is 24.1. The lowest BCUT2D eigenvalue weighted by Gasteiger charge is -2.39. The fourth-order valence-electron chi connectivity index (χ4n) is 4.92. The van der Waals surface area contributed by atoms with Crippen molar-refractivity contribution in [2.24, 2.45) is 11.8 Å². The molecule has 2 aliphatic rings. The van der Waals surface area contributed by atoms with Crippen LogP contribution >= 0.6 is 11.5 Å². The molecule has 2 aliphatic carbocycles. The molecule has 0 spiro atoms. The van der Waals surface area contributed by atoms with Gasteiger partial charge in [0.25, 0.3) is 0 Å². The zero-order valence-corrected chi connectivity index (χ0v) is 16.5. The van der Waals surface area contributed by atoms with Crippen LogP contribution in [-0.4, -0.2) is 9.36 Å². The fraction of sp³-hybridized carbons (Fsp3) is 0.333. The predicted molar refractivity (Wildman–Crippen MR) is 113 cm³/mol. The molecular weight excluding hydrogens is 367 g/mol. The van der Waals surface area contributed by atoms with E-state index >= 15 is 0 Å². The molecule has 0 saturated heterocycles. The molecule has 2 nitrogen and oxygen atoms in total. The van der Waals surface area contributed by atoms with E-state index in [1.54, 1.807) is 23.7 Å². The van der Waals surface area contributed by atoms with Gasteiger partial charge in [-0.3, -0.25) is 4.98 Å². The third kappa shape index (κ3) is 3.42. The second-order valence-corrected chi connectivity index (χ2v) is 8.87. The second-order valence-electron chi connectivity index (χ2n) is 7.98. The molecule has 0 radical (unpaired) electrons. The smallest absolute Gasteiger partial charge is 0.123 e. The standard InChI is InChI=1S/C24H23FN2S/c25-19-6-3-5-16(12-19)18-8-9-20(26-14-18)10-11-22-21-7-2-1-4-17(21)13-24-23(22)15-27-28-24/h3,5-6,8-12,14-15,17,21-22H,1-2,4,7,13H2/b11-10+. The minimum absolute atomic E-state index is 0.221. The summed E-state index contributed by atoms with van der Waals surface area (Å²) in [6, 6.07) is 10.7. The largest absolute Gasteiger partial charge is 0.256 e. The summed E-state index contributed by atoms with van der Waals surface area (Å²) in [6.07, 6.45) is 15.0. The number of pyridine rings is 1. The van der Waals surface area contributed by atoms with E-state index in [1.165, 1.54) is 48.6 Å². The van der Waals surface area contributed by atoms with Crippen LogP contribution in [0.4, 0.5) is 4.39 Å². The SMILES string of the molecule is Fc1cccc(-c2ccc(/C=C/C3c4cnsc4CC4CCCCC43)nc2)c1. The highest BCUT2D eigenvalue weighted by molar-refractivity contribution is 7.05. The van der Waals surface area contributed by atoms with E-state index in [4.69, 9.17) is 0 Å². The Kier molecular flexibility index (Phi) is 4.81. The molecule has 3 unspecified atom stereocenters. The second kappa shape index (κ2) is 7.59. The van der Waals surface area contributed by atoms with Crippen molar-refractivity contribution >= 4 is 17.6 Å². The Hall–Kier alpha value is -2.33. The first-order valence-corrected chi connectivity index (χ1v) is 10.9. The van der Waals surface area contributed by atoms with Gasteiger partial charge in [0.15, 0.2) is 0 Å². The molecule has 4 heteroatoms. The van der Waals surface area contributed by atoms with Crippen LogP contribution < -0.4 is 0 Å². The van der Waals surface area contributed by atoms with Gasteiger partial charge in [0.05, 0.1) is 5.69 Å². The summed E-state index contributed by atoms with van der Waals surface area (Å²) in [5.74, 6) is 1.78. The Labute approximate surface area is 169 Å². The van der Waals surface area contributed by atoms with Crippen LogP contribution in [-0.2, 0) is 6.42 Å². The first kappa shape index (κ1) is 17.7. The van der Waals surface area contributed by atoms with Crippen LogP contribution in [0.3, 0.4) is 0 Å². The summed E-state index contributed by atoms with van der Waals surface area (Å²) >= 11 is 1.68. The summed E-state index contributed by atoms with van der Waals surface area (Å²) in [5.41, 5.74) is 4.17. The molecule has 5 rings (SSSR count). The first-order valence-electron chi connectivity index (χ1n) is 10.1. The maximum atomic E-state index is 13.5. The molecule has 3 aromatic rings. The predicted octanol–water partition coefficient (Wildman–Crippen LogP) is 6.50. The topological polar surface area (TPSA) is 25.8 Å². The average molecular weight is 391 g/mol. The van der Waals surface area contributed by atoms with Gasteiger partial charge in [-0.15, -0.1) is 0 Å². The highest BCUT2D eigenvalue weighted by Gasteiger charge is 2.37. The van der Waals surface area contributed by atoms with Gasteiger partial charge in [-0.2, -0.15) is 0 Å². The van der Waals surface area contributed by atoms with Crippen LogP contribution in [0.1, 0.15) is 47.7 Å². The number of allylic oxidation sites excluding steroid dienone is 1. The number of halogens is 1. The Morgan fingerprint density at radius 3 is 2.82 bits per heavy atom.